The number of aryl methyl sites for hydroxylation is 2. The molecule has 2 aromatic heterocycles. The molecule has 0 saturated carbocycles. The molecule has 0 radical (unpaired) electrons. The van der Waals surface area contributed by atoms with Gasteiger partial charge in [0, 0.05) is 18.3 Å². The van der Waals surface area contributed by atoms with Crippen molar-refractivity contribution >= 4 is 11.6 Å². The third-order valence-corrected chi connectivity index (χ3v) is 3.88. The van der Waals surface area contributed by atoms with Crippen LogP contribution >= 0.6 is 11.6 Å². The Morgan fingerprint density at radius 1 is 1.24 bits per heavy atom. The minimum atomic E-state index is 0.0930. The van der Waals surface area contributed by atoms with Crippen LogP contribution in [0.25, 0.3) is 5.82 Å². The average Bonchev–Trinajstić information content (AvgIpc) is 2.63. The van der Waals surface area contributed by atoms with Gasteiger partial charge in [-0.3, -0.25) is 0 Å². The molecule has 0 saturated heterocycles. The van der Waals surface area contributed by atoms with Crippen LogP contribution in [0.5, 0.6) is 0 Å². The first-order chi connectivity index (χ1) is 9.69. The molecular formula is C16H23ClN4. The van der Waals surface area contributed by atoms with Crippen molar-refractivity contribution in [2.75, 3.05) is 0 Å². The summed E-state index contributed by atoms with van der Waals surface area (Å²) in [5, 5.41) is 8.63. The zero-order valence-electron chi connectivity index (χ0n) is 13.6. The zero-order chi connectivity index (χ0) is 15.8. The number of nitrogens with zero attached hydrogens (tertiary/aromatic N) is 3. The van der Waals surface area contributed by atoms with E-state index in [0.29, 0.717) is 5.02 Å². The van der Waals surface area contributed by atoms with Gasteiger partial charge in [0.1, 0.15) is 0 Å². The maximum absolute atomic E-state index is 6.21. The fourth-order valence-electron chi connectivity index (χ4n) is 2.14. The van der Waals surface area contributed by atoms with Crippen LogP contribution in [0.3, 0.4) is 0 Å². The van der Waals surface area contributed by atoms with E-state index < -0.39 is 0 Å². The van der Waals surface area contributed by atoms with Crippen LogP contribution in [0.2, 0.25) is 5.02 Å². The molecule has 0 aliphatic rings. The van der Waals surface area contributed by atoms with Crippen LogP contribution < -0.4 is 5.32 Å². The molecule has 0 fully saturated rings. The van der Waals surface area contributed by atoms with Crippen LogP contribution in [0.4, 0.5) is 0 Å². The Hall–Kier alpha value is -1.39. The second-order valence-corrected chi connectivity index (χ2v) is 6.86. The molecular weight excluding hydrogens is 284 g/mol. The first-order valence-electron chi connectivity index (χ1n) is 7.11. The Balaban J connectivity index is 2.29. The normalized spacial score (nSPS) is 12.0. The molecule has 0 amide bonds. The van der Waals surface area contributed by atoms with Gasteiger partial charge in [0.15, 0.2) is 5.82 Å². The Morgan fingerprint density at radius 2 is 1.90 bits per heavy atom. The summed E-state index contributed by atoms with van der Waals surface area (Å²) in [5.41, 5.74) is 4.10. The Labute approximate surface area is 131 Å². The first-order valence-corrected chi connectivity index (χ1v) is 7.49. The van der Waals surface area contributed by atoms with Gasteiger partial charge in [-0.2, -0.15) is 5.10 Å². The molecule has 1 N–H and O–H groups in total. The van der Waals surface area contributed by atoms with E-state index >= 15 is 0 Å². The highest BCUT2D eigenvalue weighted by Gasteiger charge is 2.14. The van der Waals surface area contributed by atoms with Gasteiger partial charge < -0.3 is 5.32 Å². The monoisotopic (exact) mass is 306 g/mol. The van der Waals surface area contributed by atoms with Crippen LogP contribution in [0.15, 0.2) is 12.3 Å². The van der Waals surface area contributed by atoms with Crippen LogP contribution in [0, 0.1) is 20.8 Å². The number of pyridine rings is 1. The molecule has 5 heteroatoms. The van der Waals surface area contributed by atoms with Gasteiger partial charge in [0.05, 0.1) is 16.4 Å². The molecule has 21 heavy (non-hydrogen) atoms. The summed E-state index contributed by atoms with van der Waals surface area (Å²) in [5.74, 6) is 0.835. The largest absolute Gasteiger partial charge is 0.308 e. The van der Waals surface area contributed by atoms with Crippen molar-refractivity contribution in [3.63, 3.8) is 0 Å². The average molecular weight is 307 g/mol. The molecule has 2 aromatic rings. The second kappa shape index (κ2) is 5.78. The third-order valence-electron chi connectivity index (χ3n) is 3.33. The summed E-state index contributed by atoms with van der Waals surface area (Å²) in [6, 6.07) is 2.14. The van der Waals surface area contributed by atoms with Crippen LogP contribution in [-0.4, -0.2) is 20.3 Å². The maximum Gasteiger partial charge on any atom is 0.156 e. The van der Waals surface area contributed by atoms with Crippen molar-refractivity contribution in [2.24, 2.45) is 0 Å². The standard InChI is InChI=1S/C16H23ClN4/c1-10-7-13(9-19-16(4,5)6)8-18-15(10)21-12(3)14(17)11(2)20-21/h7-8,19H,9H2,1-6H3. The van der Waals surface area contributed by atoms with E-state index in [4.69, 9.17) is 11.6 Å². The zero-order valence-corrected chi connectivity index (χ0v) is 14.3. The SMILES string of the molecule is Cc1cc(CNC(C)(C)C)cnc1-n1nc(C)c(Cl)c1C. The van der Waals surface area contributed by atoms with E-state index in [1.807, 2.05) is 31.6 Å². The highest BCUT2D eigenvalue weighted by molar-refractivity contribution is 6.31. The molecule has 0 atom stereocenters. The molecule has 114 valence electrons. The molecule has 4 nitrogen and oxygen atoms in total. The number of nitrogens with one attached hydrogen (secondary N) is 1. The van der Waals surface area contributed by atoms with Gasteiger partial charge in [0.2, 0.25) is 0 Å². The van der Waals surface area contributed by atoms with Gasteiger partial charge in [-0.15, -0.1) is 0 Å². The maximum atomic E-state index is 6.21. The van der Waals surface area contributed by atoms with Gasteiger partial charge in [-0.25, -0.2) is 9.67 Å². The van der Waals surface area contributed by atoms with Gasteiger partial charge in [-0.05, 0) is 58.7 Å². The van der Waals surface area contributed by atoms with Crippen LogP contribution in [0.1, 0.15) is 43.3 Å². The lowest BCUT2D eigenvalue weighted by atomic mass is 10.1. The van der Waals surface area contributed by atoms with Crippen molar-refractivity contribution < 1.29 is 0 Å². The Bertz CT molecular complexity index is 653. The lowest BCUT2D eigenvalue weighted by Crippen LogP contribution is -2.35. The number of halogens is 1. The van der Waals surface area contributed by atoms with Crippen molar-refractivity contribution in [3.8, 4) is 5.82 Å². The quantitative estimate of drug-likeness (QED) is 0.939. The summed E-state index contributed by atoms with van der Waals surface area (Å²) < 4.78 is 1.81. The minimum absolute atomic E-state index is 0.0930. The van der Waals surface area contributed by atoms with E-state index in [0.717, 1.165) is 29.3 Å². The fraction of sp³-hybridized carbons (Fsp3) is 0.500. The highest BCUT2D eigenvalue weighted by atomic mass is 35.5. The molecule has 0 spiro atoms. The summed E-state index contributed by atoms with van der Waals surface area (Å²) in [6.07, 6.45) is 1.89. The predicted octanol–water partition coefficient (Wildman–Crippen LogP) is 3.73. The van der Waals surface area contributed by atoms with E-state index in [1.54, 1.807) is 0 Å². The van der Waals surface area contributed by atoms with E-state index in [-0.39, 0.29) is 5.54 Å². The molecule has 2 rings (SSSR count). The summed E-state index contributed by atoms with van der Waals surface area (Å²) in [4.78, 5) is 4.57. The summed E-state index contributed by atoms with van der Waals surface area (Å²) in [7, 11) is 0. The smallest absolute Gasteiger partial charge is 0.156 e. The third kappa shape index (κ3) is 3.63. The predicted molar refractivity (Wildman–Crippen MR) is 87.2 cm³/mol. The van der Waals surface area contributed by atoms with E-state index in [1.165, 1.54) is 5.56 Å². The lowest BCUT2D eigenvalue weighted by molar-refractivity contribution is 0.424. The molecule has 0 unspecified atom stereocenters. The molecule has 0 aliphatic carbocycles. The summed E-state index contributed by atoms with van der Waals surface area (Å²) in [6.45, 7) is 13.2. The number of rotatable bonds is 3. The van der Waals surface area contributed by atoms with Gasteiger partial charge >= 0.3 is 0 Å². The second-order valence-electron chi connectivity index (χ2n) is 6.48. The number of hydrogen-bond donors (Lipinski definition) is 1. The highest BCUT2D eigenvalue weighted by Crippen LogP contribution is 2.23. The molecule has 0 bridgehead atoms. The Morgan fingerprint density at radius 3 is 2.38 bits per heavy atom. The topological polar surface area (TPSA) is 42.7 Å². The van der Waals surface area contributed by atoms with Crippen molar-refractivity contribution in [1.29, 1.82) is 0 Å². The van der Waals surface area contributed by atoms with Gasteiger partial charge in [0.25, 0.3) is 0 Å². The lowest BCUT2D eigenvalue weighted by Gasteiger charge is -2.20. The van der Waals surface area contributed by atoms with Crippen molar-refractivity contribution in [2.45, 2.75) is 53.6 Å². The summed E-state index contributed by atoms with van der Waals surface area (Å²) >= 11 is 6.21. The van der Waals surface area contributed by atoms with E-state index in [9.17, 15) is 0 Å². The van der Waals surface area contributed by atoms with Crippen molar-refractivity contribution in [3.05, 3.63) is 39.8 Å². The first kappa shape index (κ1) is 16.0. The number of aromatic nitrogens is 3. The number of hydrogen-bond acceptors (Lipinski definition) is 3. The fourth-order valence-corrected chi connectivity index (χ4v) is 2.26. The minimum Gasteiger partial charge on any atom is -0.308 e. The molecule has 0 aromatic carbocycles. The van der Waals surface area contributed by atoms with Crippen LogP contribution in [-0.2, 0) is 6.54 Å². The van der Waals surface area contributed by atoms with Crippen molar-refractivity contribution in [1.82, 2.24) is 20.1 Å². The Kier molecular flexibility index (Phi) is 4.40. The molecule has 0 aliphatic heterocycles. The van der Waals surface area contributed by atoms with E-state index in [2.05, 4.69) is 42.2 Å². The molecule has 2 heterocycles. The van der Waals surface area contributed by atoms with Gasteiger partial charge in [-0.1, -0.05) is 11.6 Å².